The monoisotopic (exact) mass is 364 g/mol. The third-order valence-corrected chi connectivity index (χ3v) is 5.47. The highest BCUT2D eigenvalue weighted by molar-refractivity contribution is 6.08. The first-order chi connectivity index (χ1) is 13.1. The molecule has 2 amide bonds. The molecular weight excluding hydrogens is 340 g/mol. The number of amides is 2. The number of fused-ring (bicyclic) bond motifs is 1. The zero-order chi connectivity index (χ0) is 19.0. The van der Waals surface area contributed by atoms with Gasteiger partial charge in [0.2, 0.25) is 5.91 Å². The van der Waals surface area contributed by atoms with Gasteiger partial charge in [0.25, 0.3) is 5.91 Å². The molecular formula is C22H24N2O3. The van der Waals surface area contributed by atoms with Crippen LogP contribution in [0.3, 0.4) is 0 Å². The molecule has 1 heterocycles. The lowest BCUT2D eigenvalue weighted by Crippen LogP contribution is -2.35. The standard InChI is InChI=1S/C22H24N2O3/c1-14-12-18(14)21(25)23-17-9-3-7-16(13-17)22(26)24-11-5-8-15-6-4-10-19(27-2)20(15)24/h3-4,6-7,9-10,13-14,18H,5,8,11-12H2,1-2H3,(H,23,25). The Morgan fingerprint density at radius 2 is 1.96 bits per heavy atom. The van der Waals surface area contributed by atoms with E-state index in [0.29, 0.717) is 29.5 Å². The summed E-state index contributed by atoms with van der Waals surface area (Å²) in [5, 5.41) is 2.94. The minimum absolute atomic E-state index is 0.0390. The van der Waals surface area contributed by atoms with Gasteiger partial charge >= 0.3 is 0 Å². The zero-order valence-electron chi connectivity index (χ0n) is 15.7. The number of ether oxygens (including phenoxy) is 1. The van der Waals surface area contributed by atoms with E-state index < -0.39 is 0 Å². The number of nitrogens with zero attached hydrogens (tertiary/aromatic N) is 1. The van der Waals surface area contributed by atoms with Gasteiger partial charge in [0, 0.05) is 23.7 Å². The van der Waals surface area contributed by atoms with Gasteiger partial charge in [-0.25, -0.2) is 0 Å². The second-order valence-corrected chi connectivity index (χ2v) is 7.42. The van der Waals surface area contributed by atoms with E-state index in [1.807, 2.05) is 30.3 Å². The third-order valence-electron chi connectivity index (χ3n) is 5.47. The molecule has 1 saturated carbocycles. The van der Waals surface area contributed by atoms with Crippen molar-refractivity contribution in [3.8, 4) is 5.75 Å². The molecule has 0 bridgehead atoms. The minimum atomic E-state index is -0.0728. The van der Waals surface area contributed by atoms with E-state index in [4.69, 9.17) is 4.74 Å². The summed E-state index contributed by atoms with van der Waals surface area (Å²) in [6.07, 6.45) is 2.79. The van der Waals surface area contributed by atoms with Crippen molar-refractivity contribution in [1.29, 1.82) is 0 Å². The normalized spacial score (nSPS) is 20.6. The van der Waals surface area contributed by atoms with Gasteiger partial charge in [0.15, 0.2) is 0 Å². The van der Waals surface area contributed by atoms with Crippen molar-refractivity contribution in [2.75, 3.05) is 23.9 Å². The Hall–Kier alpha value is -2.82. The minimum Gasteiger partial charge on any atom is -0.495 e. The first-order valence-corrected chi connectivity index (χ1v) is 9.47. The van der Waals surface area contributed by atoms with Crippen LogP contribution in [-0.2, 0) is 11.2 Å². The molecule has 2 aliphatic rings. The highest BCUT2D eigenvalue weighted by atomic mass is 16.5. The smallest absolute Gasteiger partial charge is 0.258 e. The Morgan fingerprint density at radius 1 is 1.19 bits per heavy atom. The molecule has 0 aromatic heterocycles. The molecule has 2 unspecified atom stereocenters. The number of nitrogens with one attached hydrogen (secondary N) is 1. The summed E-state index contributed by atoms with van der Waals surface area (Å²) in [4.78, 5) is 27.2. The second-order valence-electron chi connectivity index (χ2n) is 7.42. The molecule has 5 nitrogen and oxygen atoms in total. The van der Waals surface area contributed by atoms with Crippen molar-refractivity contribution < 1.29 is 14.3 Å². The van der Waals surface area contributed by atoms with Gasteiger partial charge in [-0.2, -0.15) is 0 Å². The quantitative estimate of drug-likeness (QED) is 0.896. The van der Waals surface area contributed by atoms with Crippen LogP contribution in [0.5, 0.6) is 5.75 Å². The van der Waals surface area contributed by atoms with Crippen molar-refractivity contribution in [2.24, 2.45) is 11.8 Å². The third kappa shape index (κ3) is 3.42. The van der Waals surface area contributed by atoms with Crippen molar-refractivity contribution in [2.45, 2.75) is 26.2 Å². The van der Waals surface area contributed by atoms with E-state index in [1.54, 1.807) is 24.1 Å². The molecule has 0 spiro atoms. The number of hydrogen-bond acceptors (Lipinski definition) is 3. The van der Waals surface area contributed by atoms with Gasteiger partial charge in [0.1, 0.15) is 5.75 Å². The summed E-state index contributed by atoms with van der Waals surface area (Å²) >= 11 is 0. The Bertz CT molecular complexity index is 879. The van der Waals surface area contributed by atoms with Crippen molar-refractivity contribution in [3.05, 3.63) is 53.6 Å². The predicted molar refractivity (Wildman–Crippen MR) is 105 cm³/mol. The number of hydrogen-bond donors (Lipinski definition) is 1. The Kier molecular flexibility index (Phi) is 4.60. The van der Waals surface area contributed by atoms with Crippen LogP contribution in [0.15, 0.2) is 42.5 Å². The number of aryl methyl sites for hydroxylation is 1. The number of carbonyl (C=O) groups excluding carboxylic acids is 2. The van der Waals surface area contributed by atoms with Gasteiger partial charge in [0.05, 0.1) is 12.8 Å². The lowest BCUT2D eigenvalue weighted by atomic mass is 10.00. The molecule has 1 aliphatic heterocycles. The predicted octanol–water partition coefficient (Wildman–Crippen LogP) is 3.88. The lowest BCUT2D eigenvalue weighted by molar-refractivity contribution is -0.117. The molecule has 0 saturated heterocycles. The van der Waals surface area contributed by atoms with E-state index in [2.05, 4.69) is 12.2 Å². The van der Waals surface area contributed by atoms with Crippen molar-refractivity contribution in [1.82, 2.24) is 0 Å². The number of anilines is 2. The maximum Gasteiger partial charge on any atom is 0.258 e. The van der Waals surface area contributed by atoms with E-state index >= 15 is 0 Å². The van der Waals surface area contributed by atoms with Crippen molar-refractivity contribution in [3.63, 3.8) is 0 Å². The molecule has 1 aliphatic carbocycles. The van der Waals surface area contributed by atoms with Crippen LogP contribution >= 0.6 is 0 Å². The van der Waals surface area contributed by atoms with Gasteiger partial charge < -0.3 is 15.0 Å². The van der Waals surface area contributed by atoms with Crippen LogP contribution in [0.4, 0.5) is 11.4 Å². The number of benzene rings is 2. The summed E-state index contributed by atoms with van der Waals surface area (Å²) in [5.41, 5.74) is 3.22. The highest BCUT2D eigenvalue weighted by Gasteiger charge is 2.39. The number of para-hydroxylation sites is 1. The van der Waals surface area contributed by atoms with Gasteiger partial charge in [-0.15, -0.1) is 0 Å². The molecule has 1 N–H and O–H groups in total. The van der Waals surface area contributed by atoms with Crippen LogP contribution in [0, 0.1) is 11.8 Å². The molecule has 27 heavy (non-hydrogen) atoms. The van der Waals surface area contributed by atoms with Gasteiger partial charge in [-0.3, -0.25) is 9.59 Å². The fourth-order valence-electron chi connectivity index (χ4n) is 3.79. The summed E-state index contributed by atoms with van der Waals surface area (Å²) < 4.78 is 5.50. The molecule has 2 atom stereocenters. The summed E-state index contributed by atoms with van der Waals surface area (Å²) in [6.45, 7) is 2.73. The topological polar surface area (TPSA) is 58.6 Å². The largest absolute Gasteiger partial charge is 0.495 e. The average Bonchev–Trinajstić information content (AvgIpc) is 3.43. The van der Waals surface area contributed by atoms with Gasteiger partial charge in [-0.05, 0) is 55.0 Å². The summed E-state index contributed by atoms with van der Waals surface area (Å²) in [7, 11) is 1.63. The van der Waals surface area contributed by atoms with Crippen LogP contribution in [-0.4, -0.2) is 25.5 Å². The van der Waals surface area contributed by atoms with E-state index in [0.717, 1.165) is 30.5 Å². The van der Waals surface area contributed by atoms with Crippen LogP contribution in [0.1, 0.15) is 35.7 Å². The molecule has 2 aromatic carbocycles. The van der Waals surface area contributed by atoms with Gasteiger partial charge in [-0.1, -0.05) is 25.1 Å². The number of carbonyl (C=O) groups is 2. The molecule has 140 valence electrons. The Balaban J connectivity index is 1.59. The lowest BCUT2D eigenvalue weighted by Gasteiger charge is -2.31. The van der Waals surface area contributed by atoms with E-state index in [1.165, 1.54) is 0 Å². The Morgan fingerprint density at radius 3 is 2.70 bits per heavy atom. The highest BCUT2D eigenvalue weighted by Crippen LogP contribution is 2.39. The second kappa shape index (κ2) is 7.06. The SMILES string of the molecule is COc1cccc2c1N(C(=O)c1cccc(NC(=O)C3CC3C)c1)CCC2. The number of rotatable bonds is 4. The fourth-order valence-corrected chi connectivity index (χ4v) is 3.79. The van der Waals surface area contributed by atoms with Crippen molar-refractivity contribution >= 4 is 23.2 Å². The zero-order valence-corrected chi connectivity index (χ0v) is 15.7. The molecule has 1 fully saturated rings. The Labute approximate surface area is 159 Å². The summed E-state index contributed by atoms with van der Waals surface area (Å²) in [6, 6.07) is 13.1. The maximum absolute atomic E-state index is 13.2. The first kappa shape index (κ1) is 17.6. The average molecular weight is 364 g/mol. The number of methoxy groups -OCH3 is 1. The van der Waals surface area contributed by atoms with E-state index in [9.17, 15) is 9.59 Å². The molecule has 4 rings (SSSR count). The van der Waals surface area contributed by atoms with E-state index in [-0.39, 0.29) is 17.7 Å². The molecule has 2 aromatic rings. The fraction of sp³-hybridized carbons (Fsp3) is 0.364. The molecule has 5 heteroatoms. The van der Waals surface area contributed by atoms with Crippen LogP contribution in [0.25, 0.3) is 0 Å². The maximum atomic E-state index is 13.2. The molecule has 0 radical (unpaired) electrons. The summed E-state index contributed by atoms with van der Waals surface area (Å²) in [5.74, 6) is 1.23. The first-order valence-electron chi connectivity index (χ1n) is 9.47. The van der Waals surface area contributed by atoms with Crippen LogP contribution < -0.4 is 15.0 Å². The van der Waals surface area contributed by atoms with Crippen LogP contribution in [0.2, 0.25) is 0 Å².